The molecule has 0 spiro atoms. The van der Waals surface area contributed by atoms with E-state index in [1.807, 2.05) is 56.3 Å². The van der Waals surface area contributed by atoms with Crippen molar-refractivity contribution in [1.82, 2.24) is 4.31 Å². The van der Waals surface area contributed by atoms with Crippen molar-refractivity contribution in [2.24, 2.45) is 0 Å². The highest BCUT2D eigenvalue weighted by atomic mass is 32.2. The summed E-state index contributed by atoms with van der Waals surface area (Å²) in [6.45, 7) is 7.88. The van der Waals surface area contributed by atoms with Crippen molar-refractivity contribution in [2.75, 3.05) is 13.1 Å². The fourth-order valence-electron chi connectivity index (χ4n) is 3.90. The van der Waals surface area contributed by atoms with Crippen LogP contribution in [0.1, 0.15) is 51.7 Å². The Kier molecular flexibility index (Phi) is 8.38. The molecular formula is C26H33NO5S2. The molecule has 1 heterocycles. The molecule has 2 aromatic carbocycles. The van der Waals surface area contributed by atoms with Gasteiger partial charge in [-0.2, -0.15) is 4.31 Å². The fraction of sp³-hybridized carbons (Fsp3) is 0.423. The number of carboxylic acids is 1. The van der Waals surface area contributed by atoms with E-state index in [0.29, 0.717) is 42.3 Å². The molecule has 3 rings (SSSR count). The van der Waals surface area contributed by atoms with Gasteiger partial charge in [-0.3, -0.25) is 0 Å². The van der Waals surface area contributed by atoms with Crippen molar-refractivity contribution in [3.8, 4) is 5.75 Å². The number of aryl methyl sites for hydroxylation is 2. The minimum absolute atomic E-state index is 0.416. The van der Waals surface area contributed by atoms with Crippen LogP contribution in [0.3, 0.4) is 0 Å². The van der Waals surface area contributed by atoms with Gasteiger partial charge in [0.05, 0.1) is 0 Å². The third-order valence-corrected chi connectivity index (χ3v) is 9.37. The maximum atomic E-state index is 13.6. The molecule has 0 atom stereocenters. The number of carboxylic acid groups (broad SMARTS) is 1. The zero-order chi connectivity index (χ0) is 24.9. The van der Waals surface area contributed by atoms with Crippen molar-refractivity contribution >= 4 is 37.4 Å². The zero-order valence-electron chi connectivity index (χ0n) is 20.2. The number of carbonyl (C=O) groups is 1. The third-order valence-electron chi connectivity index (χ3n) is 5.72. The average molecular weight is 504 g/mol. The first-order chi connectivity index (χ1) is 16.1. The lowest BCUT2D eigenvalue weighted by molar-refractivity contribution is -0.152. The summed E-state index contributed by atoms with van der Waals surface area (Å²) in [4.78, 5) is 11.3. The first kappa shape index (κ1) is 26.2. The van der Waals surface area contributed by atoms with Crippen molar-refractivity contribution < 1.29 is 23.1 Å². The molecule has 1 aromatic heterocycles. The molecule has 0 saturated heterocycles. The maximum Gasteiger partial charge on any atom is 0.347 e. The minimum Gasteiger partial charge on any atom is -0.478 e. The Hall–Kier alpha value is -2.42. The summed E-state index contributed by atoms with van der Waals surface area (Å²) in [5.41, 5.74) is 0.544. The van der Waals surface area contributed by atoms with E-state index in [1.165, 1.54) is 25.2 Å². The molecule has 8 heteroatoms. The van der Waals surface area contributed by atoms with Gasteiger partial charge in [-0.15, -0.1) is 11.3 Å². The molecule has 0 radical (unpaired) electrons. The maximum absolute atomic E-state index is 13.6. The van der Waals surface area contributed by atoms with E-state index in [-0.39, 0.29) is 0 Å². The summed E-state index contributed by atoms with van der Waals surface area (Å²) in [5, 5.41) is 10.3. The Morgan fingerprint density at radius 2 is 1.82 bits per heavy atom. The lowest BCUT2D eigenvalue weighted by atomic mass is 10.1. The number of hydrogen-bond acceptors (Lipinski definition) is 5. The first-order valence-electron chi connectivity index (χ1n) is 11.6. The molecule has 3 aromatic rings. The molecular weight excluding hydrogens is 470 g/mol. The molecule has 0 aliphatic heterocycles. The van der Waals surface area contributed by atoms with Crippen molar-refractivity contribution in [3.63, 3.8) is 0 Å². The molecule has 34 heavy (non-hydrogen) atoms. The topological polar surface area (TPSA) is 83.9 Å². The number of hydrogen-bond donors (Lipinski definition) is 1. The lowest BCUT2D eigenvalue weighted by Crippen LogP contribution is -2.37. The van der Waals surface area contributed by atoms with E-state index in [1.54, 1.807) is 10.4 Å². The van der Waals surface area contributed by atoms with E-state index < -0.39 is 21.6 Å². The second-order valence-electron chi connectivity index (χ2n) is 8.79. The van der Waals surface area contributed by atoms with Crippen LogP contribution < -0.4 is 4.74 Å². The number of thiophene rings is 1. The number of sulfonamides is 1. The van der Waals surface area contributed by atoms with Crippen LogP contribution in [0.15, 0.2) is 52.7 Å². The van der Waals surface area contributed by atoms with Crippen LogP contribution in [0.2, 0.25) is 0 Å². The van der Waals surface area contributed by atoms with Crippen molar-refractivity contribution in [1.29, 1.82) is 0 Å². The highest BCUT2D eigenvalue weighted by molar-refractivity contribution is 7.91. The van der Waals surface area contributed by atoms with E-state index in [2.05, 4.69) is 0 Å². The molecule has 0 aliphatic rings. The molecule has 6 nitrogen and oxygen atoms in total. The number of ether oxygens (including phenoxy) is 1. The minimum atomic E-state index is -3.60. The molecule has 0 aliphatic carbocycles. The summed E-state index contributed by atoms with van der Waals surface area (Å²) < 4.78 is 36.0. The second kappa shape index (κ2) is 10.9. The van der Waals surface area contributed by atoms with Crippen LogP contribution >= 0.6 is 11.3 Å². The molecule has 0 bridgehead atoms. The van der Waals surface area contributed by atoms with Crippen LogP contribution in [-0.4, -0.2) is 42.5 Å². The second-order valence-corrected chi connectivity index (χ2v) is 12.0. The Bertz CT molecular complexity index is 1250. The summed E-state index contributed by atoms with van der Waals surface area (Å²) >= 11 is 1.35. The number of benzene rings is 2. The predicted molar refractivity (Wildman–Crippen MR) is 137 cm³/mol. The molecule has 184 valence electrons. The Balaban J connectivity index is 1.75. The van der Waals surface area contributed by atoms with Gasteiger partial charge >= 0.3 is 5.97 Å². The SMILES string of the molecule is CCCN(CCCc1cccc(OC(C)(C)C(=O)O)c1)S(=O)(=O)c1sc2ccccc2c1CC. The summed E-state index contributed by atoms with van der Waals surface area (Å²) in [6.07, 6.45) is 2.71. The number of nitrogens with zero attached hydrogens (tertiary/aromatic N) is 1. The van der Waals surface area contributed by atoms with Gasteiger partial charge in [0.1, 0.15) is 9.96 Å². The summed E-state index contributed by atoms with van der Waals surface area (Å²) in [6, 6.07) is 15.2. The largest absolute Gasteiger partial charge is 0.478 e. The Labute approximate surface area is 206 Å². The van der Waals surface area contributed by atoms with E-state index in [4.69, 9.17) is 4.74 Å². The molecule has 1 N–H and O–H groups in total. The zero-order valence-corrected chi connectivity index (χ0v) is 21.8. The number of aliphatic carboxylic acids is 1. The monoisotopic (exact) mass is 503 g/mol. The van der Waals surface area contributed by atoms with Crippen molar-refractivity contribution in [2.45, 2.75) is 63.2 Å². The number of fused-ring (bicyclic) bond motifs is 1. The third kappa shape index (κ3) is 5.79. The van der Waals surface area contributed by atoms with Gasteiger partial charge in [-0.05, 0) is 74.2 Å². The lowest BCUT2D eigenvalue weighted by Gasteiger charge is -2.22. The van der Waals surface area contributed by atoms with Gasteiger partial charge in [0, 0.05) is 17.8 Å². The van der Waals surface area contributed by atoms with Gasteiger partial charge in [0.2, 0.25) is 0 Å². The molecule has 0 saturated carbocycles. The van der Waals surface area contributed by atoms with Gasteiger partial charge in [0.25, 0.3) is 10.0 Å². The van der Waals surface area contributed by atoms with Crippen LogP contribution in [0.25, 0.3) is 10.1 Å². The van der Waals surface area contributed by atoms with E-state index in [9.17, 15) is 18.3 Å². The quantitative estimate of drug-likeness (QED) is 0.341. The summed E-state index contributed by atoms with van der Waals surface area (Å²) in [5.74, 6) is -0.549. The fourth-order valence-corrected chi connectivity index (χ4v) is 7.53. The van der Waals surface area contributed by atoms with E-state index >= 15 is 0 Å². The van der Waals surface area contributed by atoms with Gasteiger partial charge in [-0.25, -0.2) is 13.2 Å². The molecule has 0 fully saturated rings. The number of rotatable bonds is 12. The van der Waals surface area contributed by atoms with Gasteiger partial charge in [-0.1, -0.05) is 44.2 Å². The smallest absolute Gasteiger partial charge is 0.347 e. The average Bonchev–Trinajstić information content (AvgIpc) is 3.18. The van der Waals surface area contributed by atoms with Crippen molar-refractivity contribution in [3.05, 3.63) is 59.7 Å². The highest BCUT2D eigenvalue weighted by Gasteiger charge is 2.30. The standard InChI is InChI=1S/C26H33NO5S2/c1-5-16-27(34(30,31)24-21(6-2)22-14-7-8-15-23(22)33-24)17-10-12-19-11-9-13-20(18-19)32-26(3,4)25(28)29/h7-9,11,13-15,18H,5-6,10,12,16-17H2,1-4H3,(H,28,29). The van der Waals surface area contributed by atoms with Crippen LogP contribution in [-0.2, 0) is 27.7 Å². The van der Waals surface area contributed by atoms with Gasteiger partial charge in [0.15, 0.2) is 5.60 Å². The van der Waals surface area contributed by atoms with Crippen LogP contribution in [0, 0.1) is 0 Å². The van der Waals surface area contributed by atoms with Crippen LogP contribution in [0.5, 0.6) is 5.75 Å². The normalized spacial score (nSPS) is 12.4. The molecule has 0 amide bonds. The van der Waals surface area contributed by atoms with Gasteiger partial charge < -0.3 is 9.84 Å². The Morgan fingerprint density at radius 3 is 2.50 bits per heavy atom. The van der Waals surface area contributed by atoms with E-state index in [0.717, 1.165) is 27.6 Å². The molecule has 0 unspecified atom stereocenters. The Morgan fingerprint density at radius 1 is 1.09 bits per heavy atom. The highest BCUT2D eigenvalue weighted by Crippen LogP contribution is 2.36. The predicted octanol–water partition coefficient (Wildman–Crippen LogP) is 5.74. The van der Waals surface area contributed by atoms with Crippen LogP contribution in [0.4, 0.5) is 0 Å². The first-order valence-corrected chi connectivity index (χ1v) is 13.9. The summed E-state index contributed by atoms with van der Waals surface area (Å²) in [7, 11) is -3.60.